The van der Waals surface area contributed by atoms with Gasteiger partial charge in [-0.15, -0.1) is 0 Å². The van der Waals surface area contributed by atoms with Crippen molar-refractivity contribution in [1.82, 2.24) is 8.01 Å². The Morgan fingerprint density at radius 1 is 1.45 bits per heavy atom. The minimum Gasteiger partial charge on any atom is -0.380 e. The molecule has 2 bridgehead atoms. The zero-order valence-electron chi connectivity index (χ0n) is 14.4. The number of hydrogen-bond donors (Lipinski definition) is 0. The van der Waals surface area contributed by atoms with Crippen molar-refractivity contribution in [3.05, 3.63) is 35.5 Å². The molecule has 2 aliphatic heterocycles. The van der Waals surface area contributed by atoms with Gasteiger partial charge in [-0.1, -0.05) is 24.3 Å². The summed E-state index contributed by atoms with van der Waals surface area (Å²) in [5, 5.41) is 0. The number of methoxy groups -OCH3 is 1. The summed E-state index contributed by atoms with van der Waals surface area (Å²) < 4.78 is 7.70. The molecule has 0 N–H and O–H groups in total. The fourth-order valence-corrected chi connectivity index (χ4v) is 4.81. The molecular weight excluding hydrogens is 387 g/mol. The molecule has 3 fully saturated rings. The van der Waals surface area contributed by atoms with Crippen molar-refractivity contribution in [2.24, 2.45) is 5.41 Å². The zero-order valence-corrected chi connectivity index (χ0v) is 16.5. The number of ether oxygens (including phenoxy) is 1. The summed E-state index contributed by atoms with van der Waals surface area (Å²) in [7, 11) is 4.00. The van der Waals surface area contributed by atoms with Crippen molar-refractivity contribution in [1.29, 1.82) is 0 Å². The Bertz CT molecular complexity index is 473. The maximum atomic E-state index is 5.24. The maximum absolute atomic E-state index is 5.24. The second-order valence-corrected chi connectivity index (χ2v) is 8.50. The molecule has 2 saturated heterocycles. The molecule has 22 heavy (non-hydrogen) atoms. The molecule has 4 heteroatoms. The van der Waals surface area contributed by atoms with E-state index in [-0.39, 0.29) is 0 Å². The molecule has 0 aromatic carbocycles. The van der Waals surface area contributed by atoms with Crippen molar-refractivity contribution in [2.45, 2.75) is 32.7 Å². The normalized spacial score (nSPS) is 27.9. The SMILES string of the molecule is C=C/C(=C\C(CN(I)CC12CC(C1)N(C)C2)=C(C)C)COC. The van der Waals surface area contributed by atoms with Gasteiger partial charge in [0.25, 0.3) is 0 Å². The summed E-state index contributed by atoms with van der Waals surface area (Å²) in [5.74, 6) is 0. The molecule has 0 aromatic heterocycles. The van der Waals surface area contributed by atoms with Gasteiger partial charge in [0, 0.05) is 55.7 Å². The van der Waals surface area contributed by atoms with E-state index in [1.54, 1.807) is 7.11 Å². The molecule has 124 valence electrons. The van der Waals surface area contributed by atoms with E-state index in [2.05, 4.69) is 64.4 Å². The lowest BCUT2D eigenvalue weighted by molar-refractivity contribution is 0.160. The van der Waals surface area contributed by atoms with Crippen LogP contribution in [0, 0.1) is 5.41 Å². The van der Waals surface area contributed by atoms with E-state index in [0.717, 1.165) is 18.2 Å². The summed E-state index contributed by atoms with van der Waals surface area (Å²) in [6.45, 7) is 12.3. The Kier molecular flexibility index (Phi) is 6.28. The van der Waals surface area contributed by atoms with Crippen LogP contribution in [0.2, 0.25) is 0 Å². The summed E-state index contributed by atoms with van der Waals surface area (Å²) in [6.07, 6.45) is 6.89. The lowest BCUT2D eigenvalue weighted by Gasteiger charge is -2.39. The Morgan fingerprint density at radius 3 is 2.59 bits per heavy atom. The number of hydrogen-bond acceptors (Lipinski definition) is 3. The quantitative estimate of drug-likeness (QED) is 0.340. The van der Waals surface area contributed by atoms with Crippen LogP contribution in [0.1, 0.15) is 26.7 Å². The highest BCUT2D eigenvalue weighted by Gasteiger charge is 2.53. The van der Waals surface area contributed by atoms with Crippen molar-refractivity contribution in [2.75, 3.05) is 40.4 Å². The summed E-state index contributed by atoms with van der Waals surface area (Å²) in [4.78, 5) is 2.53. The van der Waals surface area contributed by atoms with Crippen LogP contribution in [-0.4, -0.2) is 54.5 Å². The lowest BCUT2D eigenvalue weighted by Crippen LogP contribution is -2.41. The summed E-state index contributed by atoms with van der Waals surface area (Å²) in [5.41, 5.74) is 4.43. The van der Waals surface area contributed by atoms with Gasteiger partial charge in [0.15, 0.2) is 0 Å². The van der Waals surface area contributed by atoms with Crippen molar-refractivity contribution < 1.29 is 4.74 Å². The Labute approximate surface area is 149 Å². The van der Waals surface area contributed by atoms with E-state index in [9.17, 15) is 0 Å². The molecule has 3 aliphatic rings. The van der Waals surface area contributed by atoms with Gasteiger partial charge < -0.3 is 9.64 Å². The van der Waals surface area contributed by atoms with Crippen LogP contribution in [0.4, 0.5) is 0 Å². The average molecular weight is 416 g/mol. The van der Waals surface area contributed by atoms with E-state index < -0.39 is 0 Å². The molecule has 0 aromatic rings. The molecule has 0 unspecified atom stereocenters. The highest BCUT2D eigenvalue weighted by molar-refractivity contribution is 14.1. The highest BCUT2D eigenvalue weighted by Crippen LogP contribution is 2.51. The minimum absolute atomic E-state index is 0.547. The molecule has 1 saturated carbocycles. The van der Waals surface area contributed by atoms with E-state index in [1.165, 1.54) is 37.1 Å². The number of rotatable bonds is 8. The van der Waals surface area contributed by atoms with Crippen LogP contribution in [0.15, 0.2) is 35.5 Å². The minimum atomic E-state index is 0.547. The van der Waals surface area contributed by atoms with Gasteiger partial charge in [-0.3, -0.25) is 0 Å². The first-order valence-corrected chi connectivity index (χ1v) is 8.95. The highest BCUT2D eigenvalue weighted by atomic mass is 127. The van der Waals surface area contributed by atoms with E-state index in [4.69, 9.17) is 4.74 Å². The van der Waals surface area contributed by atoms with Crippen LogP contribution in [-0.2, 0) is 4.74 Å². The molecule has 0 amide bonds. The van der Waals surface area contributed by atoms with E-state index in [0.29, 0.717) is 12.0 Å². The van der Waals surface area contributed by atoms with Crippen molar-refractivity contribution in [3.8, 4) is 0 Å². The molecule has 0 spiro atoms. The molecule has 2 heterocycles. The summed E-state index contributed by atoms with van der Waals surface area (Å²) >= 11 is 2.50. The predicted molar refractivity (Wildman–Crippen MR) is 102 cm³/mol. The van der Waals surface area contributed by atoms with Gasteiger partial charge in [-0.05, 0) is 50.3 Å². The number of halogens is 1. The monoisotopic (exact) mass is 416 g/mol. The second-order valence-electron chi connectivity index (χ2n) is 7.14. The van der Waals surface area contributed by atoms with Crippen LogP contribution in [0.25, 0.3) is 0 Å². The van der Waals surface area contributed by atoms with Crippen LogP contribution in [0.3, 0.4) is 0 Å². The first kappa shape index (κ1) is 18.2. The third-order valence-electron chi connectivity index (χ3n) is 4.97. The topological polar surface area (TPSA) is 15.7 Å². The average Bonchev–Trinajstić information content (AvgIpc) is 2.88. The number of allylic oxidation sites excluding steroid dienone is 1. The van der Waals surface area contributed by atoms with Gasteiger partial charge in [-0.25, -0.2) is 3.11 Å². The number of nitrogens with zero attached hydrogens (tertiary/aromatic N) is 2. The molecule has 1 aliphatic carbocycles. The standard InChI is InChI=1S/C18H29IN2O/c1-6-15(11-22-5)7-16(14(2)3)10-21(19)13-18-8-17(9-18)20(4)12-18/h6-7,17H,1,8-13H2,2-5H3/b15-7+. The Hall–Kier alpha value is -0.170. The van der Waals surface area contributed by atoms with E-state index >= 15 is 0 Å². The maximum Gasteiger partial charge on any atom is 0.0712 e. The molecular formula is C18H29IN2O. The Balaban J connectivity index is 1.97. The van der Waals surface area contributed by atoms with Gasteiger partial charge in [-0.2, -0.15) is 0 Å². The second kappa shape index (κ2) is 7.60. The van der Waals surface area contributed by atoms with Crippen molar-refractivity contribution >= 4 is 22.9 Å². The first-order valence-electron chi connectivity index (χ1n) is 7.98. The third kappa shape index (κ3) is 4.22. The van der Waals surface area contributed by atoms with Crippen molar-refractivity contribution in [3.63, 3.8) is 0 Å². The van der Waals surface area contributed by atoms with Gasteiger partial charge in [0.2, 0.25) is 0 Å². The smallest absolute Gasteiger partial charge is 0.0712 e. The third-order valence-corrected chi connectivity index (χ3v) is 5.65. The molecule has 0 radical (unpaired) electrons. The molecule has 3 rings (SSSR count). The zero-order chi connectivity index (χ0) is 16.3. The van der Waals surface area contributed by atoms with Gasteiger partial charge in [0.05, 0.1) is 6.61 Å². The first-order chi connectivity index (χ1) is 10.4. The Morgan fingerprint density at radius 2 is 2.14 bits per heavy atom. The van der Waals surface area contributed by atoms with Crippen LogP contribution >= 0.6 is 22.9 Å². The largest absolute Gasteiger partial charge is 0.380 e. The number of fused-ring (bicyclic) bond motifs is 1. The van der Waals surface area contributed by atoms with Gasteiger partial charge >= 0.3 is 0 Å². The fraction of sp³-hybridized carbons (Fsp3) is 0.667. The van der Waals surface area contributed by atoms with Gasteiger partial charge in [0.1, 0.15) is 0 Å². The van der Waals surface area contributed by atoms with E-state index in [1.807, 2.05) is 6.08 Å². The molecule has 3 nitrogen and oxygen atoms in total. The fourth-order valence-electron chi connectivity index (χ4n) is 3.72. The van der Waals surface area contributed by atoms with Crippen LogP contribution in [0.5, 0.6) is 0 Å². The van der Waals surface area contributed by atoms with Crippen LogP contribution < -0.4 is 0 Å². The predicted octanol–water partition coefficient (Wildman–Crippen LogP) is 3.83. The summed E-state index contributed by atoms with van der Waals surface area (Å²) in [6, 6.07) is 0.849. The lowest BCUT2D eigenvalue weighted by atomic mass is 9.70. The molecule has 0 atom stereocenters.